The number of fused-ring (bicyclic) bond motifs is 1. The van der Waals surface area contributed by atoms with E-state index in [4.69, 9.17) is 0 Å². The van der Waals surface area contributed by atoms with Gasteiger partial charge in [-0.25, -0.2) is 4.39 Å². The highest BCUT2D eigenvalue weighted by molar-refractivity contribution is 5.95. The van der Waals surface area contributed by atoms with Crippen molar-refractivity contribution >= 4 is 28.2 Å². The summed E-state index contributed by atoms with van der Waals surface area (Å²) in [4.78, 5) is 19.2. The summed E-state index contributed by atoms with van der Waals surface area (Å²) in [5, 5.41) is 13.4. The third-order valence-electron chi connectivity index (χ3n) is 5.51. The molecule has 1 aromatic heterocycles. The molecular weight excluding hydrogens is 367 g/mol. The Balaban J connectivity index is 1.50. The van der Waals surface area contributed by atoms with Crippen molar-refractivity contribution in [3.05, 3.63) is 65.6 Å². The number of hydrogen-bond acceptors (Lipinski definition) is 4. The Labute approximate surface area is 168 Å². The molecule has 4 rings (SSSR count). The molecule has 146 valence electrons. The van der Waals surface area contributed by atoms with Gasteiger partial charge in [-0.1, -0.05) is 24.3 Å². The van der Waals surface area contributed by atoms with Crippen LogP contribution in [0.4, 0.5) is 15.8 Å². The number of para-hydroxylation sites is 1. The molecule has 1 aliphatic rings. The molecule has 1 amide bonds. The number of carbonyl (C=O) groups is 1. The van der Waals surface area contributed by atoms with Gasteiger partial charge < -0.3 is 10.2 Å². The number of nitrogens with one attached hydrogen (secondary N) is 1. The number of rotatable bonds is 3. The van der Waals surface area contributed by atoms with E-state index in [-0.39, 0.29) is 17.6 Å². The Hall–Kier alpha value is -3.46. The predicted octanol–water partition coefficient (Wildman–Crippen LogP) is 4.41. The quantitative estimate of drug-likeness (QED) is 0.722. The van der Waals surface area contributed by atoms with Crippen LogP contribution in [0.25, 0.3) is 10.9 Å². The van der Waals surface area contributed by atoms with Crippen LogP contribution in [0.3, 0.4) is 0 Å². The minimum Gasteiger partial charge on any atom is -0.370 e. The largest absolute Gasteiger partial charge is 0.370 e. The number of nitrogens with zero attached hydrogens (tertiary/aromatic N) is 3. The molecule has 2 aromatic carbocycles. The number of hydrogen-bond donors (Lipinski definition) is 1. The van der Waals surface area contributed by atoms with Gasteiger partial charge >= 0.3 is 0 Å². The zero-order valence-corrected chi connectivity index (χ0v) is 16.2. The van der Waals surface area contributed by atoms with Crippen molar-refractivity contribution in [1.82, 2.24) is 4.98 Å². The maximum absolute atomic E-state index is 13.5. The Morgan fingerprint density at radius 1 is 1.24 bits per heavy atom. The van der Waals surface area contributed by atoms with E-state index in [0.29, 0.717) is 37.2 Å². The lowest BCUT2D eigenvalue weighted by Gasteiger charge is -2.34. The van der Waals surface area contributed by atoms with Crippen molar-refractivity contribution in [3.63, 3.8) is 0 Å². The van der Waals surface area contributed by atoms with Gasteiger partial charge in [-0.05, 0) is 43.5 Å². The highest BCUT2D eigenvalue weighted by Crippen LogP contribution is 2.32. The van der Waals surface area contributed by atoms with Crippen LogP contribution in [-0.4, -0.2) is 24.0 Å². The maximum atomic E-state index is 13.5. The zero-order valence-electron chi connectivity index (χ0n) is 16.2. The van der Waals surface area contributed by atoms with Crippen molar-refractivity contribution in [2.24, 2.45) is 5.92 Å². The molecule has 0 radical (unpaired) electrons. The Morgan fingerprint density at radius 3 is 2.76 bits per heavy atom. The molecule has 0 spiro atoms. The van der Waals surface area contributed by atoms with Crippen LogP contribution >= 0.6 is 0 Å². The second-order valence-electron chi connectivity index (χ2n) is 7.36. The number of aromatic nitrogens is 1. The molecule has 0 atom stereocenters. The third kappa shape index (κ3) is 3.77. The summed E-state index contributed by atoms with van der Waals surface area (Å²) in [6, 6.07) is 14.4. The first-order valence-electron chi connectivity index (χ1n) is 9.66. The summed E-state index contributed by atoms with van der Waals surface area (Å²) in [5.74, 6) is -0.597. The van der Waals surface area contributed by atoms with Crippen molar-refractivity contribution in [2.45, 2.75) is 19.8 Å². The molecule has 3 aromatic rings. The Kier molecular flexibility index (Phi) is 5.13. The van der Waals surface area contributed by atoms with E-state index in [9.17, 15) is 14.4 Å². The minimum absolute atomic E-state index is 0.0848. The van der Waals surface area contributed by atoms with Gasteiger partial charge in [-0.2, -0.15) is 5.26 Å². The normalized spacial score (nSPS) is 14.6. The summed E-state index contributed by atoms with van der Waals surface area (Å²) in [6.45, 7) is 3.18. The molecule has 0 unspecified atom stereocenters. The van der Waals surface area contributed by atoms with E-state index in [0.717, 1.165) is 22.2 Å². The standard InChI is InChI=1S/C23H21FN4O/c1-15-6-7-18(24)12-21(15)27-23(29)16-8-10-28(11-9-16)22-17(13-25)14-26-20-5-3-2-4-19(20)22/h2-7,12,14,16H,8-11H2,1H3,(H,27,29). The predicted molar refractivity (Wildman–Crippen MR) is 111 cm³/mol. The van der Waals surface area contributed by atoms with Crippen LogP contribution in [0.1, 0.15) is 24.0 Å². The maximum Gasteiger partial charge on any atom is 0.227 e. The number of anilines is 2. The molecule has 0 saturated carbocycles. The second kappa shape index (κ2) is 7.88. The van der Waals surface area contributed by atoms with Crippen molar-refractivity contribution in [2.75, 3.05) is 23.3 Å². The first-order chi connectivity index (χ1) is 14.1. The summed E-state index contributed by atoms with van der Waals surface area (Å²) >= 11 is 0. The molecule has 1 N–H and O–H groups in total. The minimum atomic E-state index is -0.366. The number of carbonyl (C=O) groups excluding carboxylic acids is 1. The number of aryl methyl sites for hydroxylation is 1. The second-order valence-corrected chi connectivity index (χ2v) is 7.36. The van der Waals surface area contributed by atoms with Crippen LogP contribution in [-0.2, 0) is 4.79 Å². The molecule has 5 nitrogen and oxygen atoms in total. The molecule has 6 heteroatoms. The van der Waals surface area contributed by atoms with Crippen LogP contribution in [0.15, 0.2) is 48.7 Å². The van der Waals surface area contributed by atoms with Gasteiger partial charge in [0.2, 0.25) is 5.91 Å². The van der Waals surface area contributed by atoms with E-state index in [2.05, 4.69) is 21.3 Å². The number of halogens is 1. The summed E-state index contributed by atoms with van der Waals surface area (Å²) in [5.41, 5.74) is 3.63. The Bertz CT molecular complexity index is 1110. The SMILES string of the molecule is Cc1ccc(F)cc1NC(=O)C1CCN(c2c(C#N)cnc3ccccc23)CC1. The van der Waals surface area contributed by atoms with Crippen LogP contribution in [0.5, 0.6) is 0 Å². The average Bonchev–Trinajstić information content (AvgIpc) is 2.75. The molecule has 29 heavy (non-hydrogen) atoms. The van der Waals surface area contributed by atoms with Gasteiger partial charge in [0.1, 0.15) is 11.9 Å². The first kappa shape index (κ1) is 18.9. The molecule has 0 aliphatic carbocycles. The van der Waals surface area contributed by atoms with Gasteiger partial charge in [-0.3, -0.25) is 9.78 Å². The fraction of sp³-hybridized carbons (Fsp3) is 0.261. The molecule has 0 bridgehead atoms. The van der Waals surface area contributed by atoms with E-state index >= 15 is 0 Å². The molecule has 1 saturated heterocycles. The number of amides is 1. The topological polar surface area (TPSA) is 69.0 Å². The molecule has 1 aliphatic heterocycles. The van der Waals surface area contributed by atoms with Crippen LogP contribution < -0.4 is 10.2 Å². The fourth-order valence-corrected chi connectivity index (χ4v) is 3.88. The first-order valence-corrected chi connectivity index (χ1v) is 9.66. The number of nitriles is 1. The van der Waals surface area contributed by atoms with Crippen molar-refractivity contribution < 1.29 is 9.18 Å². The van der Waals surface area contributed by atoms with E-state index in [1.54, 1.807) is 12.3 Å². The summed E-state index contributed by atoms with van der Waals surface area (Å²) in [6.07, 6.45) is 2.95. The lowest BCUT2D eigenvalue weighted by Crippen LogP contribution is -2.38. The van der Waals surface area contributed by atoms with Gasteiger partial charge in [0.25, 0.3) is 0 Å². The third-order valence-corrected chi connectivity index (χ3v) is 5.51. The van der Waals surface area contributed by atoms with E-state index < -0.39 is 0 Å². The number of piperidine rings is 1. The van der Waals surface area contributed by atoms with Crippen molar-refractivity contribution in [3.8, 4) is 6.07 Å². The van der Waals surface area contributed by atoms with E-state index in [1.165, 1.54) is 12.1 Å². The van der Waals surface area contributed by atoms with Gasteiger partial charge in [0.15, 0.2) is 0 Å². The van der Waals surface area contributed by atoms with Gasteiger partial charge in [0, 0.05) is 36.3 Å². The van der Waals surface area contributed by atoms with Crippen molar-refractivity contribution in [1.29, 1.82) is 5.26 Å². The van der Waals surface area contributed by atoms with Gasteiger partial charge in [-0.15, -0.1) is 0 Å². The van der Waals surface area contributed by atoms with Gasteiger partial charge in [0.05, 0.1) is 16.8 Å². The summed E-state index contributed by atoms with van der Waals surface area (Å²) < 4.78 is 13.5. The van der Waals surface area contributed by atoms with Crippen LogP contribution in [0.2, 0.25) is 0 Å². The number of benzene rings is 2. The highest BCUT2D eigenvalue weighted by atomic mass is 19.1. The monoisotopic (exact) mass is 388 g/mol. The van der Waals surface area contributed by atoms with Crippen LogP contribution in [0, 0.1) is 30.0 Å². The smallest absolute Gasteiger partial charge is 0.227 e. The lowest BCUT2D eigenvalue weighted by atomic mass is 9.94. The lowest BCUT2D eigenvalue weighted by molar-refractivity contribution is -0.120. The Morgan fingerprint density at radius 2 is 2.00 bits per heavy atom. The average molecular weight is 388 g/mol. The summed E-state index contributed by atoms with van der Waals surface area (Å²) in [7, 11) is 0. The zero-order chi connectivity index (χ0) is 20.4. The highest BCUT2D eigenvalue weighted by Gasteiger charge is 2.27. The molecule has 2 heterocycles. The number of pyridine rings is 1. The van der Waals surface area contributed by atoms with E-state index in [1.807, 2.05) is 31.2 Å². The fourth-order valence-electron chi connectivity index (χ4n) is 3.88. The molecule has 1 fully saturated rings. The molecular formula is C23H21FN4O.